The normalized spacial score (nSPS) is 12.2. The molecule has 3 aromatic rings. The van der Waals surface area contributed by atoms with Crippen molar-refractivity contribution in [2.75, 3.05) is 11.9 Å². The van der Waals surface area contributed by atoms with Gasteiger partial charge in [0.05, 0.1) is 16.5 Å². The molecule has 3 aromatic carbocycles. The van der Waals surface area contributed by atoms with Crippen molar-refractivity contribution in [1.82, 2.24) is 4.72 Å². The van der Waals surface area contributed by atoms with E-state index in [4.69, 9.17) is 16.3 Å². The third-order valence-electron chi connectivity index (χ3n) is 4.90. The molecule has 0 heterocycles. The zero-order valence-electron chi connectivity index (χ0n) is 18.8. The summed E-state index contributed by atoms with van der Waals surface area (Å²) in [4.78, 5) is 13.1. The van der Waals surface area contributed by atoms with Gasteiger partial charge >= 0.3 is 0 Å². The predicted octanol–water partition coefficient (Wildman–Crippen LogP) is 4.88. The van der Waals surface area contributed by atoms with E-state index in [1.807, 2.05) is 69.3 Å². The van der Waals surface area contributed by atoms with Gasteiger partial charge in [-0.1, -0.05) is 48.0 Å². The van der Waals surface area contributed by atoms with E-state index in [1.54, 1.807) is 0 Å². The smallest absolute Gasteiger partial charge is 0.242 e. The van der Waals surface area contributed by atoms with Crippen molar-refractivity contribution in [3.05, 3.63) is 88.4 Å². The summed E-state index contributed by atoms with van der Waals surface area (Å²) in [5.74, 6) is -0.0593. The Balaban J connectivity index is 1.88. The molecule has 0 unspecified atom stereocenters. The molecule has 0 radical (unpaired) electrons. The van der Waals surface area contributed by atoms with Gasteiger partial charge in [0.1, 0.15) is 11.8 Å². The molecule has 1 atom stereocenters. The van der Waals surface area contributed by atoms with Crippen LogP contribution >= 0.6 is 11.6 Å². The number of carbonyl (C=O) groups is 1. The van der Waals surface area contributed by atoms with Gasteiger partial charge in [-0.3, -0.25) is 4.79 Å². The number of anilines is 1. The van der Waals surface area contributed by atoms with Crippen LogP contribution in [0.5, 0.6) is 5.75 Å². The SMILES string of the molecule is CCOc1ccc(S(=O)(=O)N[C@H](Cc2ccccc2)C(=O)Nc2cc(C)cc(C)c2)cc1Cl. The third-order valence-corrected chi connectivity index (χ3v) is 6.66. The second-order valence-electron chi connectivity index (χ2n) is 7.75. The molecule has 0 bridgehead atoms. The first-order valence-electron chi connectivity index (χ1n) is 10.6. The molecular formula is C25H27ClN2O4S. The van der Waals surface area contributed by atoms with Crippen LogP contribution in [0.3, 0.4) is 0 Å². The minimum absolute atomic E-state index is 0.0479. The van der Waals surface area contributed by atoms with Crippen LogP contribution in [-0.2, 0) is 21.2 Å². The average molecular weight is 487 g/mol. The fourth-order valence-corrected chi connectivity index (χ4v) is 5.01. The highest BCUT2D eigenvalue weighted by atomic mass is 35.5. The Kier molecular flexibility index (Phi) is 8.13. The molecule has 0 aliphatic heterocycles. The molecule has 0 aromatic heterocycles. The second-order valence-corrected chi connectivity index (χ2v) is 9.88. The first kappa shape index (κ1) is 24.8. The van der Waals surface area contributed by atoms with Gasteiger partial charge in [0.15, 0.2) is 0 Å². The highest BCUT2D eigenvalue weighted by molar-refractivity contribution is 7.89. The van der Waals surface area contributed by atoms with Crippen molar-refractivity contribution < 1.29 is 17.9 Å². The molecule has 174 valence electrons. The number of ether oxygens (including phenoxy) is 1. The minimum Gasteiger partial charge on any atom is -0.492 e. The van der Waals surface area contributed by atoms with Crippen molar-refractivity contribution in [2.24, 2.45) is 0 Å². The number of hydrogen-bond acceptors (Lipinski definition) is 4. The van der Waals surface area contributed by atoms with E-state index >= 15 is 0 Å². The van der Waals surface area contributed by atoms with E-state index in [-0.39, 0.29) is 16.3 Å². The Bertz CT molecular complexity index is 1210. The van der Waals surface area contributed by atoms with Gasteiger partial charge in [-0.2, -0.15) is 4.72 Å². The van der Waals surface area contributed by atoms with Crippen LogP contribution in [0.2, 0.25) is 5.02 Å². The van der Waals surface area contributed by atoms with Crippen molar-refractivity contribution in [3.63, 3.8) is 0 Å². The quantitative estimate of drug-likeness (QED) is 0.451. The molecule has 0 saturated heterocycles. The molecule has 0 spiro atoms. The van der Waals surface area contributed by atoms with E-state index in [9.17, 15) is 13.2 Å². The summed E-state index contributed by atoms with van der Waals surface area (Å²) >= 11 is 6.18. The molecule has 3 rings (SSSR count). The Hall–Kier alpha value is -2.87. The van der Waals surface area contributed by atoms with Crippen molar-refractivity contribution in [2.45, 2.75) is 38.1 Å². The maximum absolute atomic E-state index is 13.2. The molecule has 33 heavy (non-hydrogen) atoms. The number of carbonyl (C=O) groups excluding carboxylic acids is 1. The van der Waals surface area contributed by atoms with Crippen molar-refractivity contribution >= 4 is 33.2 Å². The van der Waals surface area contributed by atoms with Gasteiger partial charge < -0.3 is 10.1 Å². The first-order valence-corrected chi connectivity index (χ1v) is 12.4. The molecule has 1 amide bonds. The predicted molar refractivity (Wildman–Crippen MR) is 131 cm³/mol. The summed E-state index contributed by atoms with van der Waals surface area (Å²) < 4.78 is 34.2. The van der Waals surface area contributed by atoms with Crippen LogP contribution in [0.15, 0.2) is 71.6 Å². The lowest BCUT2D eigenvalue weighted by molar-refractivity contribution is -0.117. The fraction of sp³-hybridized carbons (Fsp3) is 0.240. The number of amides is 1. The van der Waals surface area contributed by atoms with Gasteiger partial charge in [0.2, 0.25) is 15.9 Å². The van der Waals surface area contributed by atoms with Gasteiger partial charge in [0, 0.05) is 5.69 Å². The molecule has 6 nitrogen and oxygen atoms in total. The maximum atomic E-state index is 13.2. The molecule has 0 fully saturated rings. The maximum Gasteiger partial charge on any atom is 0.242 e. The topological polar surface area (TPSA) is 84.5 Å². The Morgan fingerprint density at radius 2 is 1.67 bits per heavy atom. The molecular weight excluding hydrogens is 460 g/mol. The number of rotatable bonds is 9. The summed E-state index contributed by atoms with van der Waals surface area (Å²) in [5, 5.41) is 3.02. The number of aryl methyl sites for hydroxylation is 2. The molecule has 0 aliphatic carbocycles. The summed E-state index contributed by atoms with van der Waals surface area (Å²) in [6.07, 6.45) is 0.182. The van der Waals surface area contributed by atoms with Crippen molar-refractivity contribution in [3.8, 4) is 5.75 Å². The Morgan fingerprint density at radius 1 is 1.00 bits per heavy atom. The Labute approximate surface area is 200 Å². The summed E-state index contributed by atoms with van der Waals surface area (Å²) in [7, 11) is -4.04. The number of benzene rings is 3. The number of hydrogen-bond donors (Lipinski definition) is 2. The minimum atomic E-state index is -4.04. The summed E-state index contributed by atoms with van der Waals surface area (Å²) in [5.41, 5.74) is 3.42. The van der Waals surface area contributed by atoms with Crippen molar-refractivity contribution in [1.29, 1.82) is 0 Å². The standard InChI is InChI=1S/C25H27ClN2O4S/c1-4-32-24-11-10-21(16-22(24)26)33(30,31)28-23(15-19-8-6-5-7-9-19)25(29)27-20-13-17(2)12-18(3)14-20/h5-14,16,23,28H,4,15H2,1-3H3,(H,27,29)/t23-/m1/s1. The van der Waals surface area contributed by atoms with Gasteiger partial charge in [0.25, 0.3) is 0 Å². The van der Waals surface area contributed by atoms with Crippen LogP contribution in [0.4, 0.5) is 5.69 Å². The second kappa shape index (κ2) is 10.8. The highest BCUT2D eigenvalue weighted by Crippen LogP contribution is 2.27. The fourth-order valence-electron chi connectivity index (χ4n) is 3.49. The van der Waals surface area contributed by atoms with Gasteiger partial charge in [-0.25, -0.2) is 8.42 Å². The van der Waals surface area contributed by atoms with Crippen LogP contribution in [0.1, 0.15) is 23.6 Å². The summed E-state index contributed by atoms with van der Waals surface area (Å²) in [6.45, 7) is 6.08. The van der Waals surface area contributed by atoms with Crippen LogP contribution in [-0.4, -0.2) is 27.0 Å². The zero-order valence-corrected chi connectivity index (χ0v) is 20.3. The summed E-state index contributed by atoms with van der Waals surface area (Å²) in [6, 6.07) is 18.1. The molecule has 0 saturated carbocycles. The van der Waals surface area contributed by atoms with E-state index < -0.39 is 22.0 Å². The van der Waals surface area contributed by atoms with E-state index in [0.29, 0.717) is 18.0 Å². The zero-order chi connectivity index (χ0) is 24.0. The van der Waals surface area contributed by atoms with E-state index in [2.05, 4.69) is 10.0 Å². The molecule has 8 heteroatoms. The van der Waals surface area contributed by atoms with E-state index in [1.165, 1.54) is 18.2 Å². The highest BCUT2D eigenvalue weighted by Gasteiger charge is 2.27. The van der Waals surface area contributed by atoms with Crippen LogP contribution in [0, 0.1) is 13.8 Å². The first-order chi connectivity index (χ1) is 15.7. The lowest BCUT2D eigenvalue weighted by Gasteiger charge is -2.19. The molecule has 0 aliphatic rings. The number of nitrogens with one attached hydrogen (secondary N) is 2. The van der Waals surface area contributed by atoms with Crippen LogP contribution < -0.4 is 14.8 Å². The Morgan fingerprint density at radius 3 is 2.27 bits per heavy atom. The van der Waals surface area contributed by atoms with Gasteiger partial charge in [-0.05, 0) is 74.2 Å². The average Bonchev–Trinajstić information content (AvgIpc) is 2.74. The monoisotopic (exact) mass is 486 g/mol. The largest absolute Gasteiger partial charge is 0.492 e. The lowest BCUT2D eigenvalue weighted by Crippen LogP contribution is -2.45. The lowest BCUT2D eigenvalue weighted by atomic mass is 10.1. The number of sulfonamides is 1. The van der Waals surface area contributed by atoms with Gasteiger partial charge in [-0.15, -0.1) is 0 Å². The molecule has 2 N–H and O–H groups in total. The number of halogens is 1. The third kappa shape index (κ3) is 6.81. The van der Waals surface area contributed by atoms with Crippen LogP contribution in [0.25, 0.3) is 0 Å². The van der Waals surface area contributed by atoms with E-state index in [0.717, 1.165) is 16.7 Å².